The summed E-state index contributed by atoms with van der Waals surface area (Å²) in [7, 11) is 0. The molecule has 0 aliphatic carbocycles. The number of aromatic amines is 1. The molecule has 106 valence electrons. The van der Waals surface area contributed by atoms with Gasteiger partial charge in [0.05, 0.1) is 23.8 Å². The lowest BCUT2D eigenvalue weighted by Gasteiger charge is -2.14. The lowest BCUT2D eigenvalue weighted by molar-refractivity contribution is -0.128. The van der Waals surface area contributed by atoms with Gasteiger partial charge in [-0.15, -0.1) is 0 Å². The standard InChI is InChI=1S/C16H15N3O2/c20-15-8-11(9-19(15)10-12-4-3-7-21-12)16-17-13-5-1-2-6-14(13)18-16/h1-7,11H,8-10H2,(H,17,18)/t11-/m1/s1. The average Bonchev–Trinajstić information content (AvgIpc) is 3.19. The Bertz CT molecular complexity index is 743. The molecule has 1 aromatic carbocycles. The van der Waals surface area contributed by atoms with Crippen LogP contribution >= 0.6 is 0 Å². The van der Waals surface area contributed by atoms with E-state index in [4.69, 9.17) is 4.42 Å². The third-order valence-corrected chi connectivity index (χ3v) is 3.94. The number of hydrogen-bond donors (Lipinski definition) is 1. The molecule has 1 saturated heterocycles. The zero-order valence-corrected chi connectivity index (χ0v) is 11.5. The van der Waals surface area contributed by atoms with Crippen LogP contribution in [-0.2, 0) is 11.3 Å². The van der Waals surface area contributed by atoms with E-state index in [9.17, 15) is 4.79 Å². The van der Waals surface area contributed by atoms with Gasteiger partial charge in [0, 0.05) is 18.9 Å². The fourth-order valence-corrected chi connectivity index (χ4v) is 2.86. The zero-order valence-electron chi connectivity index (χ0n) is 11.5. The Balaban J connectivity index is 1.55. The molecule has 0 unspecified atom stereocenters. The van der Waals surface area contributed by atoms with Crippen LogP contribution in [0.15, 0.2) is 47.1 Å². The maximum atomic E-state index is 12.1. The van der Waals surface area contributed by atoms with Crippen LogP contribution in [0.2, 0.25) is 0 Å². The van der Waals surface area contributed by atoms with Crippen molar-refractivity contribution in [3.8, 4) is 0 Å². The number of amides is 1. The predicted octanol–water partition coefficient (Wildman–Crippen LogP) is 2.67. The molecule has 1 amide bonds. The molecule has 0 bridgehead atoms. The molecule has 0 spiro atoms. The maximum absolute atomic E-state index is 12.1. The maximum Gasteiger partial charge on any atom is 0.223 e. The van der Waals surface area contributed by atoms with Gasteiger partial charge >= 0.3 is 0 Å². The first-order chi connectivity index (χ1) is 10.3. The van der Waals surface area contributed by atoms with Crippen molar-refractivity contribution in [2.75, 3.05) is 6.54 Å². The highest BCUT2D eigenvalue weighted by atomic mass is 16.3. The van der Waals surface area contributed by atoms with Crippen LogP contribution in [0.25, 0.3) is 11.0 Å². The molecule has 0 radical (unpaired) electrons. The van der Waals surface area contributed by atoms with Gasteiger partial charge in [-0.1, -0.05) is 12.1 Å². The molecule has 5 heteroatoms. The van der Waals surface area contributed by atoms with Crippen molar-refractivity contribution < 1.29 is 9.21 Å². The van der Waals surface area contributed by atoms with Gasteiger partial charge in [-0.05, 0) is 24.3 Å². The average molecular weight is 281 g/mol. The van der Waals surface area contributed by atoms with Crippen LogP contribution in [0.5, 0.6) is 0 Å². The SMILES string of the molecule is O=C1C[C@@H](c2nc3ccccc3[nH]2)CN1Cc1ccco1. The summed E-state index contributed by atoms with van der Waals surface area (Å²) in [6.07, 6.45) is 2.13. The zero-order chi connectivity index (χ0) is 14.2. The number of H-pyrrole nitrogens is 1. The normalized spacial score (nSPS) is 18.8. The molecule has 1 aliphatic rings. The molecule has 1 atom stereocenters. The highest BCUT2D eigenvalue weighted by Gasteiger charge is 2.32. The van der Waals surface area contributed by atoms with E-state index >= 15 is 0 Å². The molecule has 3 heterocycles. The highest BCUT2D eigenvalue weighted by molar-refractivity contribution is 5.80. The summed E-state index contributed by atoms with van der Waals surface area (Å²) < 4.78 is 5.32. The number of imidazole rings is 1. The lowest BCUT2D eigenvalue weighted by atomic mass is 10.1. The first-order valence-electron chi connectivity index (χ1n) is 7.04. The molecule has 1 fully saturated rings. The summed E-state index contributed by atoms with van der Waals surface area (Å²) in [6.45, 7) is 1.21. The Hall–Kier alpha value is -2.56. The summed E-state index contributed by atoms with van der Waals surface area (Å²) in [5.74, 6) is 1.98. The third kappa shape index (κ3) is 2.20. The summed E-state index contributed by atoms with van der Waals surface area (Å²) in [6, 6.07) is 11.7. The Labute approximate surface area is 121 Å². The number of nitrogens with zero attached hydrogens (tertiary/aromatic N) is 2. The minimum absolute atomic E-state index is 0.125. The molecule has 1 N–H and O–H groups in total. The smallest absolute Gasteiger partial charge is 0.223 e. The first kappa shape index (κ1) is 12.2. The minimum atomic E-state index is 0.125. The van der Waals surface area contributed by atoms with Gasteiger partial charge in [0.2, 0.25) is 5.91 Å². The Morgan fingerprint density at radius 2 is 2.19 bits per heavy atom. The Morgan fingerprint density at radius 3 is 3.00 bits per heavy atom. The number of rotatable bonds is 3. The minimum Gasteiger partial charge on any atom is -0.467 e. The van der Waals surface area contributed by atoms with Crippen LogP contribution < -0.4 is 0 Å². The van der Waals surface area contributed by atoms with E-state index < -0.39 is 0 Å². The van der Waals surface area contributed by atoms with Gasteiger partial charge in [0.1, 0.15) is 11.6 Å². The van der Waals surface area contributed by atoms with E-state index in [-0.39, 0.29) is 11.8 Å². The third-order valence-electron chi connectivity index (χ3n) is 3.94. The number of hydrogen-bond acceptors (Lipinski definition) is 3. The van der Waals surface area contributed by atoms with Crippen molar-refractivity contribution >= 4 is 16.9 Å². The van der Waals surface area contributed by atoms with Gasteiger partial charge in [-0.3, -0.25) is 4.79 Å². The van der Waals surface area contributed by atoms with Gasteiger partial charge in [-0.2, -0.15) is 0 Å². The lowest BCUT2D eigenvalue weighted by Crippen LogP contribution is -2.24. The van der Waals surface area contributed by atoms with Crippen LogP contribution in [0.1, 0.15) is 23.9 Å². The summed E-state index contributed by atoms with van der Waals surface area (Å²) in [5, 5.41) is 0. The summed E-state index contributed by atoms with van der Waals surface area (Å²) in [4.78, 5) is 21.9. The largest absolute Gasteiger partial charge is 0.467 e. The number of carbonyl (C=O) groups excluding carboxylic acids is 1. The first-order valence-corrected chi connectivity index (χ1v) is 7.04. The quantitative estimate of drug-likeness (QED) is 0.802. The number of benzene rings is 1. The fraction of sp³-hybridized carbons (Fsp3) is 0.250. The number of fused-ring (bicyclic) bond motifs is 1. The van der Waals surface area contributed by atoms with Crippen molar-refractivity contribution in [1.29, 1.82) is 0 Å². The molecule has 2 aromatic heterocycles. The van der Waals surface area contributed by atoms with Crippen LogP contribution in [0, 0.1) is 0 Å². The highest BCUT2D eigenvalue weighted by Crippen LogP contribution is 2.28. The van der Waals surface area contributed by atoms with E-state index in [1.54, 1.807) is 6.26 Å². The summed E-state index contributed by atoms with van der Waals surface area (Å²) in [5.41, 5.74) is 1.97. The van der Waals surface area contributed by atoms with Gasteiger partial charge in [0.25, 0.3) is 0 Å². The number of para-hydroxylation sites is 2. The van der Waals surface area contributed by atoms with Gasteiger partial charge in [0.15, 0.2) is 0 Å². The van der Waals surface area contributed by atoms with E-state index in [1.807, 2.05) is 41.3 Å². The van der Waals surface area contributed by atoms with Crippen LogP contribution in [-0.4, -0.2) is 27.3 Å². The van der Waals surface area contributed by atoms with Crippen molar-refractivity contribution in [3.05, 3.63) is 54.2 Å². The monoisotopic (exact) mass is 281 g/mol. The van der Waals surface area contributed by atoms with E-state index in [0.29, 0.717) is 19.5 Å². The van der Waals surface area contributed by atoms with Gasteiger partial charge < -0.3 is 14.3 Å². The van der Waals surface area contributed by atoms with E-state index in [1.165, 1.54) is 0 Å². The molecule has 0 saturated carbocycles. The van der Waals surface area contributed by atoms with E-state index in [2.05, 4.69) is 9.97 Å². The molecule has 4 rings (SSSR count). The van der Waals surface area contributed by atoms with Crippen LogP contribution in [0.4, 0.5) is 0 Å². The molecule has 3 aromatic rings. The second kappa shape index (κ2) is 4.77. The number of aromatic nitrogens is 2. The molecule has 1 aliphatic heterocycles. The number of furan rings is 1. The molecule has 5 nitrogen and oxygen atoms in total. The van der Waals surface area contributed by atoms with Gasteiger partial charge in [-0.25, -0.2) is 4.98 Å². The van der Waals surface area contributed by atoms with Crippen molar-refractivity contribution in [1.82, 2.24) is 14.9 Å². The summed E-state index contributed by atoms with van der Waals surface area (Å²) >= 11 is 0. The fourth-order valence-electron chi connectivity index (χ4n) is 2.86. The number of nitrogens with one attached hydrogen (secondary N) is 1. The molecular formula is C16H15N3O2. The Kier molecular flexibility index (Phi) is 2.77. The number of likely N-dealkylation sites (tertiary alicyclic amines) is 1. The topological polar surface area (TPSA) is 62.1 Å². The molecule has 21 heavy (non-hydrogen) atoms. The number of carbonyl (C=O) groups is 1. The van der Waals surface area contributed by atoms with Crippen molar-refractivity contribution in [2.45, 2.75) is 18.9 Å². The van der Waals surface area contributed by atoms with Crippen LogP contribution in [0.3, 0.4) is 0 Å². The van der Waals surface area contributed by atoms with E-state index in [0.717, 1.165) is 22.6 Å². The Morgan fingerprint density at radius 1 is 1.29 bits per heavy atom. The molecular weight excluding hydrogens is 266 g/mol. The second-order valence-corrected chi connectivity index (χ2v) is 5.39. The van der Waals surface area contributed by atoms with Crippen molar-refractivity contribution in [3.63, 3.8) is 0 Å². The second-order valence-electron chi connectivity index (χ2n) is 5.39. The predicted molar refractivity (Wildman–Crippen MR) is 77.6 cm³/mol. The van der Waals surface area contributed by atoms with Crippen molar-refractivity contribution in [2.24, 2.45) is 0 Å².